The number of carbonyl (C=O) groups excluding carboxylic acids is 2. The summed E-state index contributed by atoms with van der Waals surface area (Å²) in [7, 11) is 1.87. The smallest absolute Gasteiger partial charge is 0.344 e. The molecule has 0 unspecified atom stereocenters. The SMILES string of the molecule is CN1CCN(c2cc(Cl)cc(CO)c2OCC(=O)OC(C)(C)C)C(=O)C1. The van der Waals surface area contributed by atoms with E-state index in [1.165, 1.54) is 0 Å². The lowest BCUT2D eigenvalue weighted by Gasteiger charge is -2.33. The van der Waals surface area contributed by atoms with Crippen LogP contribution in [-0.2, 0) is 20.9 Å². The van der Waals surface area contributed by atoms with Gasteiger partial charge in [0.2, 0.25) is 5.91 Å². The van der Waals surface area contributed by atoms with E-state index in [9.17, 15) is 14.7 Å². The molecule has 0 radical (unpaired) electrons. The van der Waals surface area contributed by atoms with Gasteiger partial charge in [0.05, 0.1) is 18.8 Å². The molecule has 1 heterocycles. The van der Waals surface area contributed by atoms with Crippen LogP contribution in [0.2, 0.25) is 5.02 Å². The van der Waals surface area contributed by atoms with E-state index in [0.29, 0.717) is 29.4 Å². The van der Waals surface area contributed by atoms with Gasteiger partial charge in [0.15, 0.2) is 6.61 Å². The number of nitrogens with zero attached hydrogens (tertiary/aromatic N) is 2. The van der Waals surface area contributed by atoms with Crippen molar-refractivity contribution >= 4 is 29.2 Å². The highest BCUT2D eigenvalue weighted by molar-refractivity contribution is 6.31. The second-order valence-electron chi connectivity index (χ2n) is 7.23. The van der Waals surface area contributed by atoms with E-state index in [2.05, 4.69) is 0 Å². The number of carbonyl (C=O) groups is 2. The topological polar surface area (TPSA) is 79.3 Å². The van der Waals surface area contributed by atoms with Crippen molar-refractivity contribution in [1.29, 1.82) is 0 Å². The summed E-state index contributed by atoms with van der Waals surface area (Å²) >= 11 is 6.14. The zero-order valence-corrected chi connectivity index (χ0v) is 16.3. The Bertz CT molecular complexity index is 687. The van der Waals surface area contributed by atoms with Gasteiger partial charge in [0.1, 0.15) is 11.4 Å². The number of halogens is 1. The predicted molar refractivity (Wildman–Crippen MR) is 98.6 cm³/mol. The van der Waals surface area contributed by atoms with Gasteiger partial charge in [-0.2, -0.15) is 0 Å². The van der Waals surface area contributed by atoms with Gasteiger partial charge >= 0.3 is 5.97 Å². The van der Waals surface area contributed by atoms with E-state index in [1.54, 1.807) is 37.8 Å². The maximum atomic E-state index is 12.4. The molecule has 0 spiro atoms. The Morgan fingerprint density at radius 1 is 1.31 bits per heavy atom. The molecule has 1 aromatic carbocycles. The van der Waals surface area contributed by atoms with Crippen molar-refractivity contribution in [2.45, 2.75) is 33.0 Å². The number of likely N-dealkylation sites (N-methyl/N-ethyl adjacent to an activating group) is 1. The van der Waals surface area contributed by atoms with E-state index in [0.717, 1.165) is 0 Å². The van der Waals surface area contributed by atoms with Gasteiger partial charge in [-0.3, -0.25) is 9.69 Å². The van der Waals surface area contributed by atoms with E-state index >= 15 is 0 Å². The van der Waals surface area contributed by atoms with E-state index in [1.807, 2.05) is 11.9 Å². The van der Waals surface area contributed by atoms with Crippen LogP contribution in [0.4, 0.5) is 5.69 Å². The molecule has 1 N–H and O–H groups in total. The Morgan fingerprint density at radius 3 is 2.58 bits per heavy atom. The molecule has 1 saturated heterocycles. The van der Waals surface area contributed by atoms with Crippen LogP contribution < -0.4 is 9.64 Å². The molecule has 8 heteroatoms. The Morgan fingerprint density at radius 2 is 2.00 bits per heavy atom. The number of aliphatic hydroxyl groups excluding tert-OH is 1. The summed E-state index contributed by atoms with van der Waals surface area (Å²) in [6, 6.07) is 3.16. The lowest BCUT2D eigenvalue weighted by atomic mass is 10.1. The van der Waals surface area contributed by atoms with Gasteiger partial charge in [-0.05, 0) is 40.0 Å². The maximum Gasteiger partial charge on any atom is 0.344 e. The summed E-state index contributed by atoms with van der Waals surface area (Å²) in [6.45, 7) is 6.05. The van der Waals surface area contributed by atoms with E-state index < -0.39 is 11.6 Å². The van der Waals surface area contributed by atoms with Crippen LogP contribution in [0.25, 0.3) is 0 Å². The Labute approximate surface area is 158 Å². The quantitative estimate of drug-likeness (QED) is 0.780. The Kier molecular flexibility index (Phi) is 6.49. The van der Waals surface area contributed by atoms with Gasteiger partial charge in [0.25, 0.3) is 0 Å². The molecule has 1 fully saturated rings. The highest BCUT2D eigenvalue weighted by Crippen LogP contribution is 2.36. The third-order valence-corrected chi connectivity index (χ3v) is 3.96. The molecule has 2 rings (SSSR count). The third kappa shape index (κ3) is 5.33. The number of amides is 1. The highest BCUT2D eigenvalue weighted by Gasteiger charge is 2.27. The van der Waals surface area contributed by atoms with Gasteiger partial charge in [-0.1, -0.05) is 11.6 Å². The van der Waals surface area contributed by atoms with Crippen molar-refractivity contribution < 1.29 is 24.2 Å². The zero-order chi connectivity index (χ0) is 19.5. The first kappa shape index (κ1) is 20.5. The number of benzene rings is 1. The summed E-state index contributed by atoms with van der Waals surface area (Å²) in [5.41, 5.74) is 0.224. The fourth-order valence-electron chi connectivity index (χ4n) is 2.67. The van der Waals surface area contributed by atoms with Crippen molar-refractivity contribution in [2.24, 2.45) is 0 Å². The van der Waals surface area contributed by atoms with Crippen molar-refractivity contribution in [2.75, 3.05) is 38.2 Å². The number of rotatable bonds is 5. The summed E-state index contributed by atoms with van der Waals surface area (Å²) in [5, 5.41) is 10.0. The van der Waals surface area contributed by atoms with E-state index in [4.69, 9.17) is 21.1 Å². The second kappa shape index (κ2) is 8.24. The second-order valence-corrected chi connectivity index (χ2v) is 7.67. The standard InChI is InChI=1S/C18H25ClN2O5/c1-18(2,3)26-16(24)11-25-17-12(10-22)7-13(19)8-14(17)21-6-5-20(4)9-15(21)23/h7-8,22H,5-6,9-11H2,1-4H3. The number of esters is 1. The predicted octanol–water partition coefficient (Wildman–Crippen LogP) is 1.83. The fourth-order valence-corrected chi connectivity index (χ4v) is 2.90. The number of piperazine rings is 1. The average molecular weight is 385 g/mol. The molecular formula is C18H25ClN2O5. The first-order chi connectivity index (χ1) is 12.1. The third-order valence-electron chi connectivity index (χ3n) is 3.74. The molecule has 26 heavy (non-hydrogen) atoms. The normalized spacial score (nSPS) is 15.9. The van der Waals surface area contributed by atoms with Gasteiger partial charge in [-0.15, -0.1) is 0 Å². The number of ether oxygens (including phenoxy) is 2. The summed E-state index contributed by atoms with van der Waals surface area (Å²) in [4.78, 5) is 27.9. The summed E-state index contributed by atoms with van der Waals surface area (Å²) in [6.07, 6.45) is 0. The monoisotopic (exact) mass is 384 g/mol. The van der Waals surface area contributed by atoms with Crippen LogP contribution in [0.5, 0.6) is 5.75 Å². The molecule has 7 nitrogen and oxygen atoms in total. The Balaban J connectivity index is 2.29. The molecule has 0 bridgehead atoms. The molecule has 1 amide bonds. The molecule has 1 aliphatic heterocycles. The maximum absolute atomic E-state index is 12.4. The molecule has 1 aliphatic rings. The number of hydrogen-bond donors (Lipinski definition) is 1. The fraction of sp³-hybridized carbons (Fsp3) is 0.556. The minimum atomic E-state index is -0.628. The van der Waals surface area contributed by atoms with Crippen LogP contribution in [0.1, 0.15) is 26.3 Å². The van der Waals surface area contributed by atoms with Gasteiger partial charge < -0.3 is 19.5 Å². The van der Waals surface area contributed by atoms with Crippen LogP contribution in [0.3, 0.4) is 0 Å². The Hall–Kier alpha value is -1.83. The first-order valence-corrected chi connectivity index (χ1v) is 8.75. The van der Waals surface area contributed by atoms with Crippen LogP contribution >= 0.6 is 11.6 Å². The van der Waals surface area contributed by atoms with Gasteiger partial charge in [-0.25, -0.2) is 4.79 Å². The molecule has 0 aliphatic carbocycles. The number of hydrogen-bond acceptors (Lipinski definition) is 6. The zero-order valence-electron chi connectivity index (χ0n) is 15.5. The highest BCUT2D eigenvalue weighted by atomic mass is 35.5. The molecule has 0 aromatic heterocycles. The van der Waals surface area contributed by atoms with Gasteiger partial charge in [0, 0.05) is 23.7 Å². The van der Waals surface area contributed by atoms with Crippen molar-refractivity contribution in [3.63, 3.8) is 0 Å². The van der Waals surface area contributed by atoms with Crippen molar-refractivity contribution in [3.05, 3.63) is 22.7 Å². The largest absolute Gasteiger partial charge is 0.479 e. The van der Waals surface area contributed by atoms with Crippen molar-refractivity contribution in [3.8, 4) is 5.75 Å². The number of aliphatic hydroxyl groups is 1. The molecule has 1 aromatic rings. The minimum absolute atomic E-state index is 0.105. The number of anilines is 1. The lowest BCUT2D eigenvalue weighted by molar-refractivity contribution is -0.157. The van der Waals surface area contributed by atoms with Crippen LogP contribution in [-0.4, -0.2) is 60.8 Å². The molecule has 144 valence electrons. The van der Waals surface area contributed by atoms with Crippen LogP contribution in [0, 0.1) is 0 Å². The molecular weight excluding hydrogens is 360 g/mol. The first-order valence-electron chi connectivity index (χ1n) is 8.37. The molecule has 0 saturated carbocycles. The summed E-state index contributed by atoms with van der Waals surface area (Å²) < 4.78 is 10.9. The molecule has 0 atom stereocenters. The van der Waals surface area contributed by atoms with Crippen molar-refractivity contribution in [1.82, 2.24) is 4.90 Å². The average Bonchev–Trinajstić information content (AvgIpc) is 2.51. The lowest BCUT2D eigenvalue weighted by Crippen LogP contribution is -2.49. The minimum Gasteiger partial charge on any atom is -0.479 e. The van der Waals surface area contributed by atoms with E-state index in [-0.39, 0.29) is 31.4 Å². The summed E-state index contributed by atoms with van der Waals surface area (Å²) in [5.74, 6) is -0.375. The van der Waals surface area contributed by atoms with Crippen LogP contribution in [0.15, 0.2) is 12.1 Å².